The number of rotatable bonds is 5. The Kier molecular flexibility index (Phi) is 6.30. The predicted molar refractivity (Wildman–Crippen MR) is 107 cm³/mol. The van der Waals surface area contributed by atoms with Gasteiger partial charge < -0.3 is 15.0 Å². The molecule has 1 aromatic carbocycles. The highest BCUT2D eigenvalue weighted by Crippen LogP contribution is 2.25. The van der Waals surface area contributed by atoms with Crippen LogP contribution in [0.3, 0.4) is 0 Å². The van der Waals surface area contributed by atoms with Gasteiger partial charge in [-0.25, -0.2) is 0 Å². The van der Waals surface area contributed by atoms with Crippen molar-refractivity contribution in [3.8, 4) is 5.75 Å². The van der Waals surface area contributed by atoms with Crippen molar-refractivity contribution in [3.63, 3.8) is 0 Å². The highest BCUT2D eigenvalue weighted by Gasteiger charge is 2.31. The van der Waals surface area contributed by atoms with Crippen LogP contribution in [-0.4, -0.2) is 67.6 Å². The Hall–Kier alpha value is -1.59. The smallest absolute Gasteiger partial charge is 0.253 e. The quantitative estimate of drug-likeness (QED) is 0.864. The number of benzene rings is 1. The van der Waals surface area contributed by atoms with E-state index >= 15 is 0 Å². The van der Waals surface area contributed by atoms with E-state index in [-0.39, 0.29) is 5.91 Å². The van der Waals surface area contributed by atoms with E-state index in [1.807, 2.05) is 29.2 Å². The second kappa shape index (κ2) is 9.07. The number of amides is 1. The number of carbonyl (C=O) groups excluding carboxylic acids is 1. The summed E-state index contributed by atoms with van der Waals surface area (Å²) in [6, 6.07) is 8.29. The van der Waals surface area contributed by atoms with Crippen LogP contribution >= 0.6 is 0 Å². The van der Waals surface area contributed by atoms with Gasteiger partial charge in [-0.3, -0.25) is 9.69 Å². The van der Waals surface area contributed by atoms with Gasteiger partial charge in [0.05, 0.1) is 6.61 Å². The maximum atomic E-state index is 12.8. The van der Waals surface area contributed by atoms with E-state index < -0.39 is 0 Å². The van der Waals surface area contributed by atoms with E-state index in [2.05, 4.69) is 10.2 Å². The molecule has 1 aromatic rings. The van der Waals surface area contributed by atoms with Crippen molar-refractivity contribution in [2.75, 3.05) is 45.9 Å². The lowest BCUT2D eigenvalue weighted by Gasteiger charge is -2.32. The van der Waals surface area contributed by atoms with E-state index in [9.17, 15) is 4.79 Å². The van der Waals surface area contributed by atoms with Gasteiger partial charge in [0.2, 0.25) is 0 Å². The molecule has 1 amide bonds. The lowest BCUT2D eigenvalue weighted by atomic mass is 9.90. The summed E-state index contributed by atoms with van der Waals surface area (Å²) in [5, 5.41) is 3.40. The number of hydrogen-bond donors (Lipinski definition) is 1. The predicted octanol–water partition coefficient (Wildman–Crippen LogP) is 2.77. The van der Waals surface area contributed by atoms with Crippen LogP contribution in [0.15, 0.2) is 24.3 Å². The maximum absolute atomic E-state index is 12.8. The number of hydrogen-bond acceptors (Lipinski definition) is 4. The minimum atomic E-state index is 0.159. The number of ether oxygens (including phenoxy) is 1. The zero-order chi connectivity index (χ0) is 18.5. The normalized spacial score (nSPS) is 24.9. The molecule has 0 bridgehead atoms. The van der Waals surface area contributed by atoms with Crippen LogP contribution in [0.2, 0.25) is 0 Å². The van der Waals surface area contributed by atoms with Gasteiger partial charge in [0, 0.05) is 50.9 Å². The molecule has 148 valence electrons. The Morgan fingerprint density at radius 3 is 2.48 bits per heavy atom. The number of nitrogens with zero attached hydrogens (tertiary/aromatic N) is 2. The minimum absolute atomic E-state index is 0.159. The second-order valence-electron chi connectivity index (χ2n) is 8.32. The molecule has 1 unspecified atom stereocenters. The summed E-state index contributed by atoms with van der Waals surface area (Å²) in [6.45, 7) is 6.86. The van der Waals surface area contributed by atoms with Crippen molar-refractivity contribution in [2.24, 2.45) is 5.92 Å². The molecule has 0 radical (unpaired) electrons. The maximum Gasteiger partial charge on any atom is 0.253 e. The Morgan fingerprint density at radius 2 is 1.74 bits per heavy atom. The van der Waals surface area contributed by atoms with Crippen LogP contribution in [0, 0.1) is 5.92 Å². The van der Waals surface area contributed by atoms with Crippen LogP contribution < -0.4 is 10.1 Å². The summed E-state index contributed by atoms with van der Waals surface area (Å²) in [4.78, 5) is 17.4. The first kappa shape index (κ1) is 18.8. The number of nitrogens with one attached hydrogen (secondary N) is 1. The molecule has 1 saturated carbocycles. The molecule has 2 aliphatic heterocycles. The van der Waals surface area contributed by atoms with Gasteiger partial charge in [-0.15, -0.1) is 0 Å². The first-order valence-electron chi connectivity index (χ1n) is 10.8. The monoisotopic (exact) mass is 371 g/mol. The van der Waals surface area contributed by atoms with Gasteiger partial charge in [0.25, 0.3) is 5.91 Å². The van der Waals surface area contributed by atoms with Crippen LogP contribution in [0.5, 0.6) is 5.75 Å². The second-order valence-corrected chi connectivity index (χ2v) is 8.32. The number of piperazine rings is 1. The molecule has 0 spiro atoms. The fourth-order valence-corrected chi connectivity index (χ4v) is 4.72. The van der Waals surface area contributed by atoms with Crippen molar-refractivity contribution >= 4 is 5.91 Å². The molecule has 2 heterocycles. The first-order chi connectivity index (χ1) is 13.3. The summed E-state index contributed by atoms with van der Waals surface area (Å²) in [7, 11) is 0. The van der Waals surface area contributed by atoms with E-state index in [1.54, 1.807) is 0 Å². The minimum Gasteiger partial charge on any atom is -0.493 e. The lowest BCUT2D eigenvalue weighted by molar-refractivity contribution is 0.0773. The van der Waals surface area contributed by atoms with E-state index in [4.69, 9.17) is 4.74 Å². The summed E-state index contributed by atoms with van der Waals surface area (Å²) in [5.41, 5.74) is 0.779. The van der Waals surface area contributed by atoms with E-state index in [1.165, 1.54) is 32.1 Å². The third-order valence-electron chi connectivity index (χ3n) is 6.43. The Morgan fingerprint density at radius 1 is 1.00 bits per heavy atom. The van der Waals surface area contributed by atoms with E-state index in [0.29, 0.717) is 12.0 Å². The van der Waals surface area contributed by atoms with Gasteiger partial charge in [-0.2, -0.15) is 0 Å². The molecule has 5 nitrogen and oxygen atoms in total. The van der Waals surface area contributed by atoms with Crippen molar-refractivity contribution in [1.29, 1.82) is 0 Å². The van der Waals surface area contributed by atoms with Gasteiger partial charge in [-0.05, 0) is 49.4 Å². The molecule has 27 heavy (non-hydrogen) atoms. The zero-order valence-electron chi connectivity index (χ0n) is 16.4. The third-order valence-corrected chi connectivity index (χ3v) is 6.43. The van der Waals surface area contributed by atoms with Crippen LogP contribution in [0.1, 0.15) is 48.9 Å². The molecule has 1 atom stereocenters. The summed E-state index contributed by atoms with van der Waals surface area (Å²) >= 11 is 0. The highest BCUT2D eigenvalue weighted by molar-refractivity contribution is 5.94. The van der Waals surface area contributed by atoms with Crippen LogP contribution in [-0.2, 0) is 0 Å². The molecule has 4 rings (SSSR count). The average molecular weight is 372 g/mol. The van der Waals surface area contributed by atoms with Gasteiger partial charge in [0.15, 0.2) is 0 Å². The van der Waals surface area contributed by atoms with Crippen LogP contribution in [0.4, 0.5) is 0 Å². The van der Waals surface area contributed by atoms with Crippen molar-refractivity contribution < 1.29 is 9.53 Å². The molecule has 1 N–H and O–H groups in total. The number of likely N-dealkylation sites (tertiary alicyclic amines) is 1. The van der Waals surface area contributed by atoms with E-state index in [0.717, 1.165) is 63.6 Å². The highest BCUT2D eigenvalue weighted by atomic mass is 16.5. The molecular weight excluding hydrogens is 338 g/mol. The number of carbonyl (C=O) groups is 1. The third kappa shape index (κ3) is 4.82. The molecule has 3 aliphatic rings. The molecule has 0 aromatic heterocycles. The SMILES string of the molecule is O=C(c1ccc(OCC2CCCCC2)cc1)N1CCC(N2CCNCC2)C1. The topological polar surface area (TPSA) is 44.8 Å². The Balaban J connectivity index is 1.27. The average Bonchev–Trinajstić information content (AvgIpc) is 3.24. The summed E-state index contributed by atoms with van der Waals surface area (Å²) in [6.07, 6.45) is 7.73. The Labute approximate surface area is 163 Å². The van der Waals surface area contributed by atoms with Crippen molar-refractivity contribution in [3.05, 3.63) is 29.8 Å². The van der Waals surface area contributed by atoms with Crippen LogP contribution in [0.25, 0.3) is 0 Å². The molecule has 5 heteroatoms. The molecule has 1 aliphatic carbocycles. The first-order valence-corrected chi connectivity index (χ1v) is 10.8. The molecular formula is C22H33N3O2. The lowest BCUT2D eigenvalue weighted by Crippen LogP contribution is -2.49. The van der Waals surface area contributed by atoms with Gasteiger partial charge >= 0.3 is 0 Å². The van der Waals surface area contributed by atoms with Gasteiger partial charge in [0.1, 0.15) is 5.75 Å². The summed E-state index contributed by atoms with van der Waals surface area (Å²) < 4.78 is 5.96. The largest absolute Gasteiger partial charge is 0.493 e. The molecule has 3 fully saturated rings. The van der Waals surface area contributed by atoms with Crippen molar-refractivity contribution in [2.45, 2.75) is 44.6 Å². The standard InChI is InChI=1S/C22H33N3O2/c26-22(25-13-10-20(16-25)24-14-11-23-12-15-24)19-6-8-21(9-7-19)27-17-18-4-2-1-3-5-18/h6-9,18,20,23H,1-5,10-17H2. The zero-order valence-corrected chi connectivity index (χ0v) is 16.4. The molecule has 2 saturated heterocycles. The van der Waals surface area contributed by atoms with Gasteiger partial charge in [-0.1, -0.05) is 19.3 Å². The van der Waals surface area contributed by atoms with Crippen molar-refractivity contribution in [1.82, 2.24) is 15.1 Å². The summed E-state index contributed by atoms with van der Waals surface area (Å²) in [5.74, 6) is 1.75. The Bertz CT molecular complexity index is 606. The fraction of sp³-hybridized carbons (Fsp3) is 0.682. The fourth-order valence-electron chi connectivity index (χ4n) is 4.72.